The maximum atomic E-state index is 11.3. The maximum Gasteiger partial charge on any atom is 0.137 e. The number of nitrogens with one attached hydrogen (secondary N) is 1. The zero-order chi connectivity index (χ0) is 8.85. The van der Waals surface area contributed by atoms with Crippen molar-refractivity contribution in [2.75, 3.05) is 7.05 Å². The molecule has 0 radical (unpaired) electrons. The van der Waals surface area contributed by atoms with Crippen LogP contribution in [0.4, 0.5) is 0 Å². The number of carbonyl (C=O) groups is 1. The molecule has 2 nitrogen and oxygen atoms in total. The molecule has 0 aliphatic rings. The average molecular weight is 157 g/mol. The van der Waals surface area contributed by atoms with Gasteiger partial charge in [0.25, 0.3) is 0 Å². The van der Waals surface area contributed by atoms with Gasteiger partial charge in [0.1, 0.15) is 5.78 Å². The molecule has 0 bridgehead atoms. The lowest BCUT2D eigenvalue weighted by Gasteiger charge is -2.11. The van der Waals surface area contributed by atoms with E-state index < -0.39 is 0 Å². The summed E-state index contributed by atoms with van der Waals surface area (Å²) in [5.74, 6) is 0.597. The highest BCUT2D eigenvalue weighted by Crippen LogP contribution is 2.06. The molecule has 0 aliphatic carbocycles. The number of rotatable bonds is 5. The van der Waals surface area contributed by atoms with E-state index in [9.17, 15) is 4.79 Å². The van der Waals surface area contributed by atoms with Crippen molar-refractivity contribution in [3.63, 3.8) is 0 Å². The molecule has 2 unspecified atom stereocenters. The standard InChI is InChI=1S/C9H19NO/c1-5-7(2)9(11)6-8(3)10-4/h7-8,10H,5-6H2,1-4H3. The molecule has 0 aromatic carbocycles. The summed E-state index contributed by atoms with van der Waals surface area (Å²) < 4.78 is 0. The summed E-state index contributed by atoms with van der Waals surface area (Å²) in [6.07, 6.45) is 1.61. The Morgan fingerprint density at radius 2 is 2.00 bits per heavy atom. The van der Waals surface area contributed by atoms with Crippen molar-refractivity contribution in [3.8, 4) is 0 Å². The van der Waals surface area contributed by atoms with Crippen LogP contribution in [0.1, 0.15) is 33.6 Å². The van der Waals surface area contributed by atoms with Gasteiger partial charge in [-0.2, -0.15) is 0 Å². The van der Waals surface area contributed by atoms with Crippen molar-refractivity contribution < 1.29 is 4.79 Å². The van der Waals surface area contributed by atoms with E-state index in [0.717, 1.165) is 6.42 Å². The quantitative estimate of drug-likeness (QED) is 0.656. The van der Waals surface area contributed by atoms with E-state index in [0.29, 0.717) is 18.2 Å². The van der Waals surface area contributed by atoms with Crippen molar-refractivity contribution >= 4 is 5.78 Å². The first kappa shape index (κ1) is 10.6. The summed E-state index contributed by atoms with van der Waals surface area (Å²) in [4.78, 5) is 11.3. The monoisotopic (exact) mass is 157 g/mol. The zero-order valence-corrected chi connectivity index (χ0v) is 7.98. The third-order valence-electron chi connectivity index (χ3n) is 2.16. The number of carbonyl (C=O) groups excluding carboxylic acids is 1. The largest absolute Gasteiger partial charge is 0.317 e. The lowest BCUT2D eigenvalue weighted by atomic mass is 9.98. The molecule has 0 amide bonds. The highest BCUT2D eigenvalue weighted by atomic mass is 16.1. The Hall–Kier alpha value is -0.370. The van der Waals surface area contributed by atoms with Gasteiger partial charge in [-0.25, -0.2) is 0 Å². The summed E-state index contributed by atoms with van der Waals surface area (Å²) in [7, 11) is 1.88. The van der Waals surface area contributed by atoms with Crippen molar-refractivity contribution in [2.45, 2.75) is 39.7 Å². The predicted molar refractivity (Wildman–Crippen MR) is 47.6 cm³/mol. The molecular weight excluding hydrogens is 138 g/mol. The maximum absolute atomic E-state index is 11.3. The Balaban J connectivity index is 3.68. The smallest absolute Gasteiger partial charge is 0.137 e. The van der Waals surface area contributed by atoms with E-state index in [1.54, 1.807) is 0 Å². The second-order valence-electron chi connectivity index (χ2n) is 3.17. The molecule has 0 spiro atoms. The van der Waals surface area contributed by atoms with Crippen LogP contribution in [0.2, 0.25) is 0 Å². The van der Waals surface area contributed by atoms with Crippen LogP contribution in [0.15, 0.2) is 0 Å². The molecule has 0 aromatic rings. The normalized spacial score (nSPS) is 16.0. The summed E-state index contributed by atoms with van der Waals surface area (Å²) >= 11 is 0. The van der Waals surface area contributed by atoms with E-state index in [1.165, 1.54) is 0 Å². The van der Waals surface area contributed by atoms with Gasteiger partial charge in [-0.05, 0) is 20.4 Å². The molecule has 2 atom stereocenters. The van der Waals surface area contributed by atoms with E-state index in [2.05, 4.69) is 5.32 Å². The topological polar surface area (TPSA) is 29.1 Å². The van der Waals surface area contributed by atoms with Crippen LogP contribution >= 0.6 is 0 Å². The highest BCUT2D eigenvalue weighted by Gasteiger charge is 2.12. The van der Waals surface area contributed by atoms with E-state index in [1.807, 2.05) is 27.8 Å². The first-order valence-corrected chi connectivity index (χ1v) is 4.31. The van der Waals surface area contributed by atoms with Crippen LogP contribution in [0.3, 0.4) is 0 Å². The summed E-state index contributed by atoms with van der Waals surface area (Å²) in [6.45, 7) is 6.07. The van der Waals surface area contributed by atoms with Gasteiger partial charge in [0, 0.05) is 18.4 Å². The average Bonchev–Trinajstić information content (AvgIpc) is 2.02. The fraction of sp³-hybridized carbons (Fsp3) is 0.889. The van der Waals surface area contributed by atoms with Gasteiger partial charge >= 0.3 is 0 Å². The summed E-state index contributed by atoms with van der Waals surface area (Å²) in [5.41, 5.74) is 0. The summed E-state index contributed by atoms with van der Waals surface area (Å²) in [6, 6.07) is 0.316. The van der Waals surface area contributed by atoms with Gasteiger partial charge in [-0.3, -0.25) is 4.79 Å². The van der Waals surface area contributed by atoms with Gasteiger partial charge in [-0.15, -0.1) is 0 Å². The van der Waals surface area contributed by atoms with Crippen LogP contribution in [0, 0.1) is 5.92 Å². The van der Waals surface area contributed by atoms with Crippen molar-refractivity contribution in [1.82, 2.24) is 5.32 Å². The Morgan fingerprint density at radius 1 is 1.45 bits per heavy atom. The molecule has 66 valence electrons. The van der Waals surface area contributed by atoms with Crippen LogP contribution in [-0.4, -0.2) is 18.9 Å². The summed E-state index contributed by atoms with van der Waals surface area (Å²) in [5, 5.41) is 3.05. The zero-order valence-electron chi connectivity index (χ0n) is 7.98. The van der Waals surface area contributed by atoms with Gasteiger partial charge in [0.05, 0.1) is 0 Å². The Bertz CT molecular complexity index is 123. The molecule has 0 rings (SSSR count). The molecule has 0 aromatic heterocycles. The van der Waals surface area contributed by atoms with Crippen LogP contribution < -0.4 is 5.32 Å². The second kappa shape index (κ2) is 5.30. The number of hydrogen-bond acceptors (Lipinski definition) is 2. The van der Waals surface area contributed by atoms with E-state index >= 15 is 0 Å². The molecular formula is C9H19NO. The Morgan fingerprint density at radius 3 is 2.36 bits per heavy atom. The minimum atomic E-state index is 0.228. The molecule has 0 saturated heterocycles. The van der Waals surface area contributed by atoms with Crippen LogP contribution in [0.25, 0.3) is 0 Å². The van der Waals surface area contributed by atoms with Gasteiger partial charge in [0.15, 0.2) is 0 Å². The third-order valence-corrected chi connectivity index (χ3v) is 2.16. The lowest BCUT2D eigenvalue weighted by molar-refractivity contribution is -0.122. The molecule has 0 saturated carbocycles. The third kappa shape index (κ3) is 4.14. The fourth-order valence-electron chi connectivity index (χ4n) is 0.833. The molecule has 11 heavy (non-hydrogen) atoms. The van der Waals surface area contributed by atoms with Crippen LogP contribution in [0.5, 0.6) is 0 Å². The minimum absolute atomic E-state index is 0.228. The number of Topliss-reactive ketones (excluding diaryl/α,β-unsaturated/α-hetero) is 1. The molecule has 1 N–H and O–H groups in total. The van der Waals surface area contributed by atoms with Crippen molar-refractivity contribution in [2.24, 2.45) is 5.92 Å². The predicted octanol–water partition coefficient (Wildman–Crippen LogP) is 1.60. The molecule has 0 heterocycles. The number of hydrogen-bond donors (Lipinski definition) is 1. The fourth-order valence-corrected chi connectivity index (χ4v) is 0.833. The first-order valence-electron chi connectivity index (χ1n) is 4.31. The van der Waals surface area contributed by atoms with E-state index in [4.69, 9.17) is 0 Å². The SMILES string of the molecule is CCC(C)C(=O)CC(C)NC. The molecule has 0 aliphatic heterocycles. The Labute approximate surface area is 69.4 Å². The molecule has 0 fully saturated rings. The van der Waals surface area contributed by atoms with Gasteiger partial charge in [-0.1, -0.05) is 13.8 Å². The van der Waals surface area contributed by atoms with Crippen molar-refractivity contribution in [1.29, 1.82) is 0 Å². The second-order valence-corrected chi connectivity index (χ2v) is 3.17. The van der Waals surface area contributed by atoms with Gasteiger partial charge in [0.2, 0.25) is 0 Å². The highest BCUT2D eigenvalue weighted by molar-refractivity contribution is 5.81. The van der Waals surface area contributed by atoms with Gasteiger partial charge < -0.3 is 5.32 Å². The lowest BCUT2D eigenvalue weighted by Crippen LogP contribution is -2.26. The van der Waals surface area contributed by atoms with Crippen molar-refractivity contribution in [3.05, 3.63) is 0 Å². The molecule has 2 heteroatoms. The Kier molecular flexibility index (Phi) is 5.12. The van der Waals surface area contributed by atoms with Crippen LogP contribution in [-0.2, 0) is 4.79 Å². The minimum Gasteiger partial charge on any atom is -0.317 e. The first-order chi connectivity index (χ1) is 5.11. The van der Waals surface area contributed by atoms with E-state index in [-0.39, 0.29) is 5.92 Å². The number of ketones is 1.